The highest BCUT2D eigenvalue weighted by atomic mass is 32.2. The SMILES string of the molecule is O=C([C@H]1CCCN(S(=O)(=O)c2ccc3c(c2)OCCO3)C1)N1CCOCC1. The fourth-order valence-electron chi connectivity index (χ4n) is 3.74. The van der Waals surface area contributed by atoms with E-state index >= 15 is 0 Å². The molecule has 0 saturated carbocycles. The number of sulfonamides is 1. The Kier molecular flexibility index (Phi) is 5.25. The van der Waals surface area contributed by atoms with Gasteiger partial charge >= 0.3 is 0 Å². The van der Waals surface area contributed by atoms with Gasteiger partial charge in [-0.3, -0.25) is 4.79 Å². The van der Waals surface area contributed by atoms with E-state index in [2.05, 4.69) is 0 Å². The second-order valence-corrected chi connectivity index (χ2v) is 8.88. The molecule has 8 nitrogen and oxygen atoms in total. The van der Waals surface area contributed by atoms with Crippen LogP contribution < -0.4 is 9.47 Å². The van der Waals surface area contributed by atoms with Gasteiger partial charge in [0.15, 0.2) is 11.5 Å². The number of benzene rings is 1. The molecule has 0 spiro atoms. The molecular weight excluding hydrogens is 372 g/mol. The molecule has 2 fully saturated rings. The van der Waals surface area contributed by atoms with Crippen LogP contribution in [0, 0.1) is 5.92 Å². The lowest BCUT2D eigenvalue weighted by atomic mass is 9.98. The Balaban J connectivity index is 1.50. The van der Waals surface area contributed by atoms with Crippen molar-refractivity contribution in [2.75, 3.05) is 52.6 Å². The summed E-state index contributed by atoms with van der Waals surface area (Å²) in [5, 5.41) is 0. The van der Waals surface area contributed by atoms with Gasteiger partial charge < -0.3 is 19.1 Å². The van der Waals surface area contributed by atoms with Crippen molar-refractivity contribution < 1.29 is 27.4 Å². The van der Waals surface area contributed by atoms with Gasteiger partial charge in [-0.15, -0.1) is 0 Å². The van der Waals surface area contributed by atoms with Gasteiger partial charge in [0.05, 0.1) is 24.0 Å². The van der Waals surface area contributed by atoms with E-state index in [0.29, 0.717) is 70.4 Å². The smallest absolute Gasteiger partial charge is 0.243 e. The van der Waals surface area contributed by atoms with E-state index in [9.17, 15) is 13.2 Å². The first-order chi connectivity index (χ1) is 13.1. The van der Waals surface area contributed by atoms with E-state index in [-0.39, 0.29) is 23.3 Å². The summed E-state index contributed by atoms with van der Waals surface area (Å²) in [6.07, 6.45) is 1.38. The Morgan fingerprint density at radius 1 is 1.00 bits per heavy atom. The van der Waals surface area contributed by atoms with Gasteiger partial charge in [-0.25, -0.2) is 8.42 Å². The topological polar surface area (TPSA) is 85.4 Å². The monoisotopic (exact) mass is 396 g/mol. The molecule has 3 aliphatic rings. The minimum atomic E-state index is -3.69. The summed E-state index contributed by atoms with van der Waals surface area (Å²) in [5.74, 6) is 0.726. The van der Waals surface area contributed by atoms with Crippen LogP contribution in [-0.2, 0) is 19.6 Å². The van der Waals surface area contributed by atoms with E-state index in [1.807, 2.05) is 0 Å². The summed E-state index contributed by atoms with van der Waals surface area (Å²) < 4.78 is 43.9. The standard InChI is InChI=1S/C18H24N2O6S/c21-18(19-6-8-24-9-7-19)14-2-1-5-20(13-14)27(22,23)15-3-4-16-17(12-15)26-11-10-25-16/h3-4,12,14H,1-2,5-11,13H2/t14-/m0/s1. The summed E-state index contributed by atoms with van der Waals surface area (Å²) in [5.41, 5.74) is 0. The van der Waals surface area contributed by atoms with Gasteiger partial charge in [0, 0.05) is 32.2 Å². The number of ether oxygens (including phenoxy) is 3. The second kappa shape index (κ2) is 7.65. The largest absolute Gasteiger partial charge is 0.486 e. The molecule has 148 valence electrons. The summed E-state index contributed by atoms with van der Waals surface area (Å²) in [4.78, 5) is 14.7. The maximum absolute atomic E-state index is 13.1. The van der Waals surface area contributed by atoms with Gasteiger partial charge in [-0.1, -0.05) is 0 Å². The maximum Gasteiger partial charge on any atom is 0.243 e. The van der Waals surface area contributed by atoms with Crippen molar-refractivity contribution in [2.24, 2.45) is 5.92 Å². The van der Waals surface area contributed by atoms with Crippen LogP contribution >= 0.6 is 0 Å². The van der Waals surface area contributed by atoms with Crippen LogP contribution in [0.25, 0.3) is 0 Å². The highest BCUT2D eigenvalue weighted by Gasteiger charge is 2.35. The number of fused-ring (bicyclic) bond motifs is 1. The van der Waals surface area contributed by atoms with Crippen LogP contribution in [0.4, 0.5) is 0 Å². The third-order valence-corrected chi connectivity index (χ3v) is 7.07. The number of hydrogen-bond acceptors (Lipinski definition) is 6. The third kappa shape index (κ3) is 3.76. The molecule has 1 aromatic carbocycles. The molecular formula is C18H24N2O6S. The van der Waals surface area contributed by atoms with Gasteiger partial charge in [-0.05, 0) is 25.0 Å². The van der Waals surface area contributed by atoms with Gasteiger partial charge in [-0.2, -0.15) is 4.31 Å². The molecule has 1 amide bonds. The van der Waals surface area contributed by atoms with Crippen LogP contribution in [0.5, 0.6) is 11.5 Å². The van der Waals surface area contributed by atoms with Crippen LogP contribution in [0.1, 0.15) is 12.8 Å². The van der Waals surface area contributed by atoms with E-state index in [0.717, 1.165) is 0 Å². The third-order valence-electron chi connectivity index (χ3n) is 5.21. The molecule has 0 N–H and O–H groups in total. The molecule has 3 aliphatic heterocycles. The molecule has 0 aromatic heterocycles. The minimum absolute atomic E-state index is 0.0281. The van der Waals surface area contributed by atoms with Gasteiger partial charge in [0.25, 0.3) is 0 Å². The van der Waals surface area contributed by atoms with E-state index in [1.54, 1.807) is 11.0 Å². The highest BCUT2D eigenvalue weighted by Crippen LogP contribution is 2.34. The number of rotatable bonds is 3. The van der Waals surface area contributed by atoms with E-state index in [1.165, 1.54) is 16.4 Å². The quantitative estimate of drug-likeness (QED) is 0.748. The molecule has 0 bridgehead atoms. The summed E-state index contributed by atoms with van der Waals surface area (Å²) >= 11 is 0. The maximum atomic E-state index is 13.1. The number of morpholine rings is 1. The Labute approximate surface area is 159 Å². The lowest BCUT2D eigenvalue weighted by Gasteiger charge is -2.35. The van der Waals surface area contributed by atoms with Crippen molar-refractivity contribution in [2.45, 2.75) is 17.7 Å². The van der Waals surface area contributed by atoms with Crippen molar-refractivity contribution >= 4 is 15.9 Å². The molecule has 0 unspecified atom stereocenters. The molecule has 0 radical (unpaired) electrons. The first-order valence-corrected chi connectivity index (χ1v) is 10.8. The predicted octanol–water partition coefficient (Wildman–Crippen LogP) is 0.717. The summed E-state index contributed by atoms with van der Waals surface area (Å²) in [6.45, 7) is 3.72. The van der Waals surface area contributed by atoms with Crippen LogP contribution in [-0.4, -0.2) is 76.1 Å². The summed E-state index contributed by atoms with van der Waals surface area (Å²) in [6, 6.07) is 4.68. The first kappa shape index (κ1) is 18.5. The number of amides is 1. The average Bonchev–Trinajstić information content (AvgIpc) is 2.73. The van der Waals surface area contributed by atoms with Crippen molar-refractivity contribution in [3.63, 3.8) is 0 Å². The van der Waals surface area contributed by atoms with Crippen LogP contribution in [0.2, 0.25) is 0 Å². The van der Waals surface area contributed by atoms with Gasteiger partial charge in [0.1, 0.15) is 13.2 Å². The molecule has 4 rings (SSSR count). The minimum Gasteiger partial charge on any atom is -0.486 e. The van der Waals surface area contributed by atoms with Crippen molar-refractivity contribution in [3.05, 3.63) is 18.2 Å². The lowest BCUT2D eigenvalue weighted by Crippen LogP contribution is -2.49. The van der Waals surface area contributed by atoms with Crippen molar-refractivity contribution in [1.82, 2.24) is 9.21 Å². The Hall–Kier alpha value is -1.84. The zero-order valence-electron chi connectivity index (χ0n) is 15.1. The second-order valence-electron chi connectivity index (χ2n) is 6.95. The van der Waals surface area contributed by atoms with Crippen LogP contribution in [0.15, 0.2) is 23.1 Å². The zero-order chi connectivity index (χ0) is 18.9. The molecule has 1 aromatic rings. The van der Waals surface area contributed by atoms with Gasteiger partial charge in [0.2, 0.25) is 15.9 Å². The van der Waals surface area contributed by atoms with Crippen molar-refractivity contribution in [1.29, 1.82) is 0 Å². The van der Waals surface area contributed by atoms with E-state index < -0.39 is 10.0 Å². The number of carbonyl (C=O) groups is 1. The average molecular weight is 396 g/mol. The molecule has 9 heteroatoms. The fourth-order valence-corrected chi connectivity index (χ4v) is 5.28. The Morgan fingerprint density at radius 2 is 1.74 bits per heavy atom. The lowest BCUT2D eigenvalue weighted by molar-refractivity contribution is -0.140. The van der Waals surface area contributed by atoms with E-state index in [4.69, 9.17) is 14.2 Å². The number of piperidine rings is 1. The molecule has 3 heterocycles. The first-order valence-electron chi connectivity index (χ1n) is 9.32. The Bertz CT molecular complexity index is 806. The number of carbonyl (C=O) groups excluding carboxylic acids is 1. The normalized spacial score (nSPS) is 23.9. The molecule has 2 saturated heterocycles. The highest BCUT2D eigenvalue weighted by molar-refractivity contribution is 7.89. The molecule has 27 heavy (non-hydrogen) atoms. The molecule has 1 atom stereocenters. The zero-order valence-corrected chi connectivity index (χ0v) is 15.9. The number of nitrogens with zero attached hydrogens (tertiary/aromatic N) is 2. The molecule has 0 aliphatic carbocycles. The van der Waals surface area contributed by atoms with Crippen molar-refractivity contribution in [3.8, 4) is 11.5 Å². The number of hydrogen-bond donors (Lipinski definition) is 0. The summed E-state index contributed by atoms with van der Waals surface area (Å²) in [7, 11) is -3.69. The predicted molar refractivity (Wildman–Crippen MR) is 96.3 cm³/mol. The van der Waals surface area contributed by atoms with Crippen LogP contribution in [0.3, 0.4) is 0 Å². The fraction of sp³-hybridized carbons (Fsp3) is 0.611. The Morgan fingerprint density at radius 3 is 2.52 bits per heavy atom.